The Morgan fingerprint density at radius 3 is 2.25 bits per heavy atom. The van der Waals surface area contributed by atoms with Crippen LogP contribution in [-0.4, -0.2) is 0 Å². The zero-order valence-corrected chi connectivity index (χ0v) is 12.6. The zero-order valence-electron chi connectivity index (χ0n) is 10.2. The maximum atomic E-state index is 13.1. The van der Waals surface area contributed by atoms with Gasteiger partial charge in [0, 0.05) is 20.8 Å². The van der Waals surface area contributed by atoms with Crippen LogP contribution in [0.15, 0.2) is 56.7 Å². The molecule has 0 aliphatic rings. The smallest absolute Gasteiger partial charge is 0.326 e. The first-order chi connectivity index (χ1) is 9.40. The quantitative estimate of drug-likeness (QED) is 0.824. The molecule has 1 nitrogen and oxygen atoms in total. The molecule has 0 fully saturated rings. The molecule has 0 aliphatic carbocycles. The Balaban J connectivity index is 2.38. The second-order valence-corrected chi connectivity index (χ2v) is 6.12. The van der Waals surface area contributed by atoms with E-state index in [0.717, 1.165) is 27.2 Å². The largest absolute Gasteiger partial charge is 0.417 e. The van der Waals surface area contributed by atoms with Crippen LogP contribution in [0.3, 0.4) is 0 Å². The van der Waals surface area contributed by atoms with Crippen molar-refractivity contribution in [2.75, 3.05) is 0 Å². The third kappa shape index (κ3) is 3.77. The third-order valence-electron chi connectivity index (χ3n) is 2.63. The molecule has 0 saturated heterocycles. The molecule has 0 radical (unpaired) electrons. The van der Waals surface area contributed by atoms with E-state index in [0.29, 0.717) is 5.56 Å². The van der Waals surface area contributed by atoms with Crippen molar-refractivity contribution in [3.63, 3.8) is 0 Å². The molecule has 0 amide bonds. The Morgan fingerprint density at radius 2 is 1.70 bits per heavy atom. The van der Waals surface area contributed by atoms with Gasteiger partial charge in [0.15, 0.2) is 0 Å². The Morgan fingerprint density at radius 1 is 1.05 bits per heavy atom. The van der Waals surface area contributed by atoms with Gasteiger partial charge in [-0.15, -0.1) is 0 Å². The number of hydrogen-bond acceptors (Lipinski definition) is 2. The van der Waals surface area contributed by atoms with E-state index < -0.39 is 11.7 Å². The lowest BCUT2D eigenvalue weighted by atomic mass is 10.1. The normalized spacial score (nSPS) is 11.7. The van der Waals surface area contributed by atoms with Crippen molar-refractivity contribution in [3.8, 4) is 0 Å². The first-order valence-corrected chi connectivity index (χ1v) is 7.34. The van der Waals surface area contributed by atoms with Gasteiger partial charge in [0.1, 0.15) is 0 Å². The summed E-state index contributed by atoms with van der Waals surface area (Å²) >= 11 is 4.38. The molecule has 0 bridgehead atoms. The summed E-state index contributed by atoms with van der Waals surface area (Å²) in [6, 6.07) is 11.3. The maximum absolute atomic E-state index is 13.1. The SMILES string of the molecule is NCc1ccc(Sc2ccc(Br)cc2)c(C(F)(F)F)c1. The van der Waals surface area contributed by atoms with Crippen LogP contribution in [0.1, 0.15) is 11.1 Å². The van der Waals surface area contributed by atoms with E-state index in [2.05, 4.69) is 15.9 Å². The monoisotopic (exact) mass is 361 g/mol. The van der Waals surface area contributed by atoms with Gasteiger partial charge in [-0.2, -0.15) is 13.2 Å². The zero-order chi connectivity index (χ0) is 14.8. The van der Waals surface area contributed by atoms with Crippen molar-refractivity contribution in [2.24, 2.45) is 5.73 Å². The van der Waals surface area contributed by atoms with Gasteiger partial charge in [-0.25, -0.2) is 0 Å². The summed E-state index contributed by atoms with van der Waals surface area (Å²) in [5, 5.41) is 0. The van der Waals surface area contributed by atoms with Crippen LogP contribution in [0.5, 0.6) is 0 Å². The van der Waals surface area contributed by atoms with Crippen molar-refractivity contribution in [3.05, 3.63) is 58.1 Å². The molecular weight excluding hydrogens is 351 g/mol. The van der Waals surface area contributed by atoms with E-state index in [4.69, 9.17) is 5.73 Å². The first kappa shape index (κ1) is 15.4. The van der Waals surface area contributed by atoms with Gasteiger partial charge in [0.2, 0.25) is 0 Å². The minimum absolute atomic E-state index is 0.0896. The number of halogens is 4. The van der Waals surface area contributed by atoms with E-state index in [1.54, 1.807) is 30.3 Å². The number of benzene rings is 2. The highest BCUT2D eigenvalue weighted by Crippen LogP contribution is 2.40. The van der Waals surface area contributed by atoms with Crippen LogP contribution in [0.25, 0.3) is 0 Å². The van der Waals surface area contributed by atoms with Gasteiger partial charge < -0.3 is 5.73 Å². The van der Waals surface area contributed by atoms with E-state index in [1.807, 2.05) is 0 Å². The molecule has 6 heteroatoms. The van der Waals surface area contributed by atoms with Crippen LogP contribution in [0.2, 0.25) is 0 Å². The fraction of sp³-hybridized carbons (Fsp3) is 0.143. The highest BCUT2D eigenvalue weighted by molar-refractivity contribution is 9.10. The van der Waals surface area contributed by atoms with Crippen molar-refractivity contribution in [1.82, 2.24) is 0 Å². The summed E-state index contributed by atoms with van der Waals surface area (Å²) in [6.07, 6.45) is -4.39. The average molecular weight is 362 g/mol. The molecule has 0 heterocycles. The van der Waals surface area contributed by atoms with Gasteiger partial charge in [-0.05, 0) is 42.0 Å². The molecule has 0 aliphatic heterocycles. The van der Waals surface area contributed by atoms with E-state index in [1.165, 1.54) is 6.07 Å². The lowest BCUT2D eigenvalue weighted by Gasteiger charge is -2.14. The second kappa shape index (κ2) is 6.20. The van der Waals surface area contributed by atoms with Gasteiger partial charge in [-0.3, -0.25) is 0 Å². The minimum Gasteiger partial charge on any atom is -0.326 e. The minimum atomic E-state index is -4.39. The van der Waals surface area contributed by atoms with E-state index in [-0.39, 0.29) is 11.4 Å². The van der Waals surface area contributed by atoms with Gasteiger partial charge in [-0.1, -0.05) is 33.8 Å². The molecule has 2 aromatic carbocycles. The molecule has 106 valence electrons. The predicted octanol–water partition coefficient (Wildman–Crippen LogP) is 5.08. The molecule has 0 aromatic heterocycles. The highest BCUT2D eigenvalue weighted by Gasteiger charge is 2.33. The molecule has 2 rings (SSSR count). The van der Waals surface area contributed by atoms with Gasteiger partial charge in [0.25, 0.3) is 0 Å². The first-order valence-electron chi connectivity index (χ1n) is 5.74. The Hall–Kier alpha value is -0.980. The molecule has 20 heavy (non-hydrogen) atoms. The number of nitrogens with two attached hydrogens (primary N) is 1. The highest BCUT2D eigenvalue weighted by atomic mass is 79.9. The van der Waals surface area contributed by atoms with Crippen molar-refractivity contribution in [1.29, 1.82) is 0 Å². The summed E-state index contributed by atoms with van der Waals surface area (Å²) in [6.45, 7) is 0.0896. The fourth-order valence-corrected chi connectivity index (χ4v) is 2.86. The van der Waals surface area contributed by atoms with Gasteiger partial charge in [0.05, 0.1) is 5.56 Å². The Bertz CT molecular complexity index is 596. The molecule has 0 atom stereocenters. The van der Waals surface area contributed by atoms with Gasteiger partial charge >= 0.3 is 6.18 Å². The fourth-order valence-electron chi connectivity index (χ4n) is 1.64. The van der Waals surface area contributed by atoms with Crippen LogP contribution >= 0.6 is 27.7 Å². The average Bonchev–Trinajstić information content (AvgIpc) is 2.40. The molecule has 2 N–H and O–H groups in total. The predicted molar refractivity (Wildman–Crippen MR) is 77.6 cm³/mol. The summed E-state index contributed by atoms with van der Waals surface area (Å²) in [5.74, 6) is 0. The Labute approximate surface area is 127 Å². The summed E-state index contributed by atoms with van der Waals surface area (Å²) in [5.41, 5.74) is 5.23. The van der Waals surface area contributed by atoms with Crippen LogP contribution in [0, 0.1) is 0 Å². The number of alkyl halides is 3. The van der Waals surface area contributed by atoms with Crippen molar-refractivity contribution < 1.29 is 13.2 Å². The molecular formula is C14H11BrF3NS. The summed E-state index contributed by atoms with van der Waals surface area (Å²) in [4.78, 5) is 0.927. The van der Waals surface area contributed by atoms with E-state index >= 15 is 0 Å². The standard InChI is InChI=1S/C14H11BrF3NS/c15-10-2-4-11(5-3-10)20-13-6-1-9(8-19)7-12(13)14(16,17)18/h1-7H,8,19H2. The lowest BCUT2D eigenvalue weighted by Crippen LogP contribution is -2.08. The molecule has 0 spiro atoms. The molecule has 0 saturated carbocycles. The maximum Gasteiger partial charge on any atom is 0.417 e. The number of hydrogen-bond donors (Lipinski definition) is 1. The van der Waals surface area contributed by atoms with Crippen molar-refractivity contribution >= 4 is 27.7 Å². The Kier molecular flexibility index (Phi) is 4.78. The summed E-state index contributed by atoms with van der Waals surface area (Å²) < 4.78 is 40.1. The van der Waals surface area contributed by atoms with Crippen molar-refractivity contribution in [2.45, 2.75) is 22.5 Å². The molecule has 0 unspecified atom stereocenters. The van der Waals surface area contributed by atoms with Crippen LogP contribution < -0.4 is 5.73 Å². The topological polar surface area (TPSA) is 26.0 Å². The second-order valence-electron chi connectivity index (χ2n) is 4.09. The van der Waals surface area contributed by atoms with E-state index in [9.17, 15) is 13.2 Å². The third-order valence-corrected chi connectivity index (χ3v) is 4.24. The van der Waals surface area contributed by atoms with Crippen LogP contribution in [0.4, 0.5) is 13.2 Å². The molecule has 2 aromatic rings. The number of rotatable bonds is 3. The lowest BCUT2D eigenvalue weighted by molar-refractivity contribution is -0.139. The summed E-state index contributed by atoms with van der Waals surface area (Å²) in [7, 11) is 0. The van der Waals surface area contributed by atoms with Crippen LogP contribution in [-0.2, 0) is 12.7 Å².